The summed E-state index contributed by atoms with van der Waals surface area (Å²) in [4.78, 5) is 23.2. The molecular formula is C22H30N4O9PS2+. The van der Waals surface area contributed by atoms with Gasteiger partial charge in [0.15, 0.2) is 11.5 Å². The maximum Gasteiger partial charge on any atom is 0.805 e. The largest absolute Gasteiger partial charge is 0.805 e. The summed E-state index contributed by atoms with van der Waals surface area (Å²) in [6.45, 7) is 7.12. The zero-order valence-electron chi connectivity index (χ0n) is 21.1. The summed E-state index contributed by atoms with van der Waals surface area (Å²) in [5.74, 6) is 0.0367. The predicted molar refractivity (Wildman–Crippen MR) is 139 cm³/mol. The average molecular weight is 590 g/mol. The van der Waals surface area contributed by atoms with Crippen LogP contribution in [0.5, 0.6) is 11.5 Å². The Hall–Kier alpha value is -3.42. The summed E-state index contributed by atoms with van der Waals surface area (Å²) >= 11 is 0. The minimum Gasteiger partial charge on any atom is -0.335 e. The Kier molecular flexibility index (Phi) is 10.9. The topological polar surface area (TPSA) is 186 Å². The highest BCUT2D eigenvalue weighted by molar-refractivity contribution is 7.90. The van der Waals surface area contributed by atoms with Gasteiger partial charge in [-0.3, -0.25) is 0 Å². The van der Waals surface area contributed by atoms with Crippen LogP contribution < -0.4 is 29.1 Å². The lowest BCUT2D eigenvalue weighted by Crippen LogP contribution is -2.43. The molecule has 0 aromatic heterocycles. The van der Waals surface area contributed by atoms with E-state index in [4.69, 9.17) is 9.05 Å². The van der Waals surface area contributed by atoms with E-state index in [0.29, 0.717) is 12.8 Å². The van der Waals surface area contributed by atoms with Crippen molar-refractivity contribution in [3.05, 3.63) is 48.5 Å². The van der Waals surface area contributed by atoms with Gasteiger partial charge in [-0.25, -0.2) is 44.9 Å². The number of carbonyl (C=O) groups is 2. The van der Waals surface area contributed by atoms with Crippen LogP contribution in [0.1, 0.15) is 40.5 Å². The summed E-state index contributed by atoms with van der Waals surface area (Å²) < 4.78 is 75.7. The molecule has 4 N–H and O–H groups in total. The number of amides is 4. The van der Waals surface area contributed by atoms with Crippen LogP contribution in [0.15, 0.2) is 58.3 Å². The van der Waals surface area contributed by atoms with Gasteiger partial charge in [0.2, 0.25) is 0 Å². The molecule has 16 heteroatoms. The summed E-state index contributed by atoms with van der Waals surface area (Å²) in [7, 11) is -11.0. The highest BCUT2D eigenvalue weighted by atomic mass is 32.2. The van der Waals surface area contributed by atoms with E-state index in [1.165, 1.54) is 24.3 Å². The molecule has 0 bridgehead atoms. The molecule has 0 aliphatic heterocycles. The Labute approximate surface area is 222 Å². The van der Waals surface area contributed by atoms with E-state index in [1.54, 1.807) is 13.8 Å². The third kappa shape index (κ3) is 9.47. The standard InChI is InChI=1S/C22H29N4O9PS2/c1-5-15(3)23-21(27)25-37(30,31)19-11-7-17(8-12-19)34-36(29)35-18-9-13-20(14-10-18)38(32,33)26-22(28)24-16(4)6-2/h7-16H,5-6H2,1-4H3,(H3-,23,24,25,26,27,28)/p+1. The maximum atomic E-state index is 12.3. The molecular weight excluding hydrogens is 559 g/mol. The molecule has 2 rings (SSSR count). The van der Waals surface area contributed by atoms with E-state index >= 15 is 0 Å². The smallest absolute Gasteiger partial charge is 0.335 e. The van der Waals surface area contributed by atoms with E-state index in [9.17, 15) is 31.0 Å². The first-order chi connectivity index (χ1) is 17.8. The number of hydrogen-bond acceptors (Lipinski definition) is 9. The fourth-order valence-electron chi connectivity index (χ4n) is 2.62. The van der Waals surface area contributed by atoms with Crippen molar-refractivity contribution in [3.8, 4) is 11.5 Å². The molecule has 2 atom stereocenters. The zero-order valence-corrected chi connectivity index (χ0v) is 23.7. The van der Waals surface area contributed by atoms with Crippen LogP contribution in [0, 0.1) is 0 Å². The van der Waals surface area contributed by atoms with Crippen LogP contribution in [0.4, 0.5) is 9.59 Å². The normalized spacial score (nSPS) is 13.4. The van der Waals surface area contributed by atoms with Crippen LogP contribution in [0.25, 0.3) is 0 Å². The van der Waals surface area contributed by atoms with Crippen LogP contribution >= 0.6 is 8.25 Å². The van der Waals surface area contributed by atoms with Crippen molar-refractivity contribution >= 4 is 40.4 Å². The maximum absolute atomic E-state index is 12.3. The Morgan fingerprint density at radius 3 is 1.32 bits per heavy atom. The third-order valence-electron chi connectivity index (χ3n) is 5.06. The Morgan fingerprint density at radius 1 is 0.711 bits per heavy atom. The number of sulfonamides is 2. The Balaban J connectivity index is 1.96. The summed E-state index contributed by atoms with van der Waals surface area (Å²) in [5, 5.41) is 4.96. The lowest BCUT2D eigenvalue weighted by Gasteiger charge is -2.12. The molecule has 2 aromatic rings. The van der Waals surface area contributed by atoms with Crippen molar-refractivity contribution in [2.24, 2.45) is 0 Å². The van der Waals surface area contributed by atoms with Gasteiger partial charge in [0.05, 0.1) is 9.79 Å². The van der Waals surface area contributed by atoms with Crippen LogP contribution in [0.3, 0.4) is 0 Å². The molecule has 0 saturated heterocycles. The summed E-state index contributed by atoms with van der Waals surface area (Å²) in [6.07, 6.45) is 1.24. The van der Waals surface area contributed by atoms with E-state index in [0.717, 1.165) is 24.3 Å². The summed E-state index contributed by atoms with van der Waals surface area (Å²) in [5.41, 5.74) is 0. The van der Waals surface area contributed by atoms with E-state index in [1.807, 2.05) is 23.3 Å². The first-order valence-corrected chi connectivity index (χ1v) is 15.5. The first kappa shape index (κ1) is 30.8. The molecule has 0 aliphatic rings. The molecule has 0 radical (unpaired) electrons. The monoisotopic (exact) mass is 589 g/mol. The zero-order chi connectivity index (χ0) is 28.5. The number of nitrogens with one attached hydrogen (secondary N) is 4. The van der Waals surface area contributed by atoms with E-state index < -0.39 is 40.4 Å². The molecule has 2 aromatic carbocycles. The molecule has 0 saturated carbocycles. The molecule has 38 heavy (non-hydrogen) atoms. The second-order valence-electron chi connectivity index (χ2n) is 8.13. The fourth-order valence-corrected chi connectivity index (χ4v) is 5.08. The van der Waals surface area contributed by atoms with Gasteiger partial charge in [0.1, 0.15) is 0 Å². The number of benzene rings is 2. The fraction of sp³-hybridized carbons (Fsp3) is 0.364. The minimum absolute atomic E-state index is 0.0184. The van der Waals surface area contributed by atoms with Gasteiger partial charge in [-0.05, 0) is 75.2 Å². The van der Waals surface area contributed by atoms with Crippen molar-refractivity contribution in [3.63, 3.8) is 0 Å². The van der Waals surface area contributed by atoms with E-state index in [2.05, 4.69) is 10.6 Å². The second kappa shape index (κ2) is 13.4. The lowest BCUT2D eigenvalue weighted by atomic mass is 10.3. The van der Waals surface area contributed by atoms with Crippen LogP contribution in [0.2, 0.25) is 0 Å². The number of rotatable bonds is 12. The van der Waals surface area contributed by atoms with Gasteiger partial charge in [-0.15, -0.1) is 0 Å². The molecule has 0 aliphatic carbocycles. The van der Waals surface area contributed by atoms with Crippen molar-refractivity contribution in [2.45, 2.75) is 62.4 Å². The number of hydrogen-bond donors (Lipinski definition) is 4. The highest BCUT2D eigenvalue weighted by Crippen LogP contribution is 2.31. The van der Waals surface area contributed by atoms with Crippen molar-refractivity contribution < 1.29 is 40.0 Å². The quantitative estimate of drug-likeness (QED) is 0.269. The SMILES string of the molecule is CCC(C)NC(=O)NS(=O)(=O)c1ccc(O[P+](=O)Oc2ccc(S(=O)(=O)NC(=O)NC(C)CC)cc2)cc1. The average Bonchev–Trinajstić information content (AvgIpc) is 2.83. The van der Waals surface area contributed by atoms with Crippen molar-refractivity contribution in [2.75, 3.05) is 0 Å². The third-order valence-corrected chi connectivity index (χ3v) is 8.48. The van der Waals surface area contributed by atoms with Gasteiger partial charge in [-0.2, -0.15) is 0 Å². The molecule has 0 fully saturated rings. The number of urea groups is 2. The molecule has 4 amide bonds. The molecule has 2 unspecified atom stereocenters. The number of carbonyl (C=O) groups excluding carboxylic acids is 2. The van der Waals surface area contributed by atoms with Crippen molar-refractivity contribution in [1.29, 1.82) is 0 Å². The van der Waals surface area contributed by atoms with Crippen LogP contribution in [-0.2, 0) is 24.6 Å². The highest BCUT2D eigenvalue weighted by Gasteiger charge is 2.26. The van der Waals surface area contributed by atoms with Crippen molar-refractivity contribution in [1.82, 2.24) is 20.1 Å². The molecule has 208 valence electrons. The lowest BCUT2D eigenvalue weighted by molar-refractivity contribution is 0.241. The first-order valence-electron chi connectivity index (χ1n) is 11.5. The van der Waals surface area contributed by atoms with Gasteiger partial charge >= 0.3 is 20.3 Å². The molecule has 0 heterocycles. The second-order valence-corrected chi connectivity index (χ2v) is 12.3. The minimum atomic E-state index is -4.14. The van der Waals surface area contributed by atoms with Gasteiger partial charge < -0.3 is 10.6 Å². The van der Waals surface area contributed by atoms with Gasteiger partial charge in [0, 0.05) is 16.6 Å². The molecule has 13 nitrogen and oxygen atoms in total. The summed E-state index contributed by atoms with van der Waals surface area (Å²) in [6, 6.07) is 7.37. The predicted octanol–water partition coefficient (Wildman–Crippen LogP) is 3.37. The van der Waals surface area contributed by atoms with Gasteiger partial charge in [0.25, 0.3) is 20.0 Å². The van der Waals surface area contributed by atoms with E-state index in [-0.39, 0.29) is 33.4 Å². The van der Waals surface area contributed by atoms with Gasteiger partial charge in [-0.1, -0.05) is 13.8 Å². The molecule has 0 spiro atoms. The Bertz CT molecular complexity index is 1250. The Morgan fingerprint density at radius 2 is 1.03 bits per heavy atom. The van der Waals surface area contributed by atoms with Crippen LogP contribution in [-0.4, -0.2) is 41.0 Å².